The standard InChI is InChI=1S/C15H27N3O/c1-6-19-15-13(5)14(16-10-17-15)18-12(4)9-7-8-11(2)3/h10-12H,6-9H2,1-5H3,(H,16,17,18). The average molecular weight is 265 g/mol. The van der Waals surface area contributed by atoms with Gasteiger partial charge in [0.25, 0.3) is 0 Å². The summed E-state index contributed by atoms with van der Waals surface area (Å²) < 4.78 is 5.48. The topological polar surface area (TPSA) is 47.0 Å². The number of anilines is 1. The van der Waals surface area contributed by atoms with Gasteiger partial charge in [0.1, 0.15) is 12.1 Å². The maximum absolute atomic E-state index is 5.48. The summed E-state index contributed by atoms with van der Waals surface area (Å²) in [6, 6.07) is 0.418. The minimum Gasteiger partial charge on any atom is -0.478 e. The van der Waals surface area contributed by atoms with Crippen molar-refractivity contribution >= 4 is 5.82 Å². The molecule has 0 saturated heterocycles. The van der Waals surface area contributed by atoms with Gasteiger partial charge in [0.15, 0.2) is 0 Å². The summed E-state index contributed by atoms with van der Waals surface area (Å²) in [5, 5.41) is 3.45. The van der Waals surface area contributed by atoms with Crippen molar-refractivity contribution in [1.29, 1.82) is 0 Å². The molecule has 1 atom stereocenters. The third kappa shape index (κ3) is 5.45. The van der Waals surface area contributed by atoms with Crippen LogP contribution in [0.3, 0.4) is 0 Å². The summed E-state index contributed by atoms with van der Waals surface area (Å²) in [7, 11) is 0. The van der Waals surface area contributed by atoms with Crippen molar-refractivity contribution in [3.05, 3.63) is 11.9 Å². The van der Waals surface area contributed by atoms with Crippen LogP contribution in [0.1, 0.15) is 52.5 Å². The molecule has 1 N–H and O–H groups in total. The molecule has 0 spiro atoms. The summed E-state index contributed by atoms with van der Waals surface area (Å²) in [6.07, 6.45) is 5.24. The Labute approximate surface area is 117 Å². The van der Waals surface area contributed by atoms with Gasteiger partial charge >= 0.3 is 0 Å². The minimum atomic E-state index is 0.418. The van der Waals surface area contributed by atoms with Gasteiger partial charge in [-0.15, -0.1) is 0 Å². The Morgan fingerprint density at radius 2 is 1.95 bits per heavy atom. The molecule has 0 radical (unpaired) electrons. The van der Waals surface area contributed by atoms with Crippen molar-refractivity contribution < 1.29 is 4.74 Å². The van der Waals surface area contributed by atoms with Gasteiger partial charge in [-0.2, -0.15) is 0 Å². The van der Waals surface area contributed by atoms with E-state index >= 15 is 0 Å². The van der Waals surface area contributed by atoms with Gasteiger partial charge in [0.2, 0.25) is 5.88 Å². The van der Waals surface area contributed by atoms with E-state index < -0.39 is 0 Å². The molecular weight excluding hydrogens is 238 g/mol. The molecule has 0 aliphatic carbocycles. The predicted octanol–water partition coefficient (Wildman–Crippen LogP) is 3.81. The van der Waals surface area contributed by atoms with Gasteiger partial charge in [-0.05, 0) is 33.1 Å². The Bertz CT molecular complexity index is 380. The Hall–Kier alpha value is -1.32. The Morgan fingerprint density at radius 3 is 2.58 bits per heavy atom. The lowest BCUT2D eigenvalue weighted by molar-refractivity contribution is 0.324. The molecule has 0 aliphatic heterocycles. The molecule has 1 aromatic rings. The SMILES string of the molecule is CCOc1ncnc(NC(C)CCCC(C)C)c1C. The third-order valence-corrected chi connectivity index (χ3v) is 3.12. The van der Waals surface area contributed by atoms with Crippen LogP contribution in [0.5, 0.6) is 5.88 Å². The van der Waals surface area contributed by atoms with Crippen LogP contribution in [0, 0.1) is 12.8 Å². The first-order valence-electron chi connectivity index (χ1n) is 7.25. The number of nitrogens with one attached hydrogen (secondary N) is 1. The maximum atomic E-state index is 5.48. The smallest absolute Gasteiger partial charge is 0.221 e. The lowest BCUT2D eigenvalue weighted by Gasteiger charge is -2.17. The number of hydrogen-bond acceptors (Lipinski definition) is 4. The predicted molar refractivity (Wildman–Crippen MR) is 79.7 cm³/mol. The largest absolute Gasteiger partial charge is 0.478 e. The van der Waals surface area contributed by atoms with Crippen molar-refractivity contribution in [2.24, 2.45) is 5.92 Å². The molecule has 0 amide bonds. The van der Waals surface area contributed by atoms with E-state index in [9.17, 15) is 0 Å². The van der Waals surface area contributed by atoms with Crippen LogP contribution in [0.4, 0.5) is 5.82 Å². The molecule has 0 fully saturated rings. The van der Waals surface area contributed by atoms with E-state index in [1.165, 1.54) is 12.8 Å². The second-order valence-corrected chi connectivity index (χ2v) is 5.46. The fourth-order valence-electron chi connectivity index (χ4n) is 2.00. The van der Waals surface area contributed by atoms with E-state index in [0.717, 1.165) is 23.7 Å². The van der Waals surface area contributed by atoms with Crippen LogP contribution in [-0.4, -0.2) is 22.6 Å². The molecule has 1 rings (SSSR count). The van der Waals surface area contributed by atoms with Gasteiger partial charge in [-0.25, -0.2) is 9.97 Å². The quantitative estimate of drug-likeness (QED) is 0.776. The number of rotatable bonds is 8. The van der Waals surface area contributed by atoms with E-state index in [0.29, 0.717) is 18.5 Å². The summed E-state index contributed by atoms with van der Waals surface area (Å²) in [4.78, 5) is 8.45. The second-order valence-electron chi connectivity index (χ2n) is 5.46. The van der Waals surface area contributed by atoms with Crippen LogP contribution in [0.25, 0.3) is 0 Å². The average Bonchev–Trinajstić information content (AvgIpc) is 2.34. The van der Waals surface area contributed by atoms with E-state index in [2.05, 4.69) is 36.1 Å². The highest BCUT2D eigenvalue weighted by Gasteiger charge is 2.10. The van der Waals surface area contributed by atoms with Gasteiger partial charge in [-0.3, -0.25) is 0 Å². The molecule has 0 saturated carbocycles. The normalized spacial score (nSPS) is 12.5. The molecule has 108 valence electrons. The van der Waals surface area contributed by atoms with Crippen molar-refractivity contribution in [2.45, 2.75) is 59.9 Å². The second kappa shape index (κ2) is 7.97. The number of hydrogen-bond donors (Lipinski definition) is 1. The van der Waals surface area contributed by atoms with Crippen LogP contribution in [0.15, 0.2) is 6.33 Å². The fourth-order valence-corrected chi connectivity index (χ4v) is 2.00. The number of ether oxygens (including phenoxy) is 1. The molecule has 4 nitrogen and oxygen atoms in total. The molecule has 4 heteroatoms. The van der Waals surface area contributed by atoms with Gasteiger partial charge in [0.05, 0.1) is 12.2 Å². The zero-order valence-electron chi connectivity index (χ0n) is 12.9. The Morgan fingerprint density at radius 1 is 1.21 bits per heavy atom. The number of aromatic nitrogens is 2. The van der Waals surface area contributed by atoms with E-state index in [4.69, 9.17) is 4.74 Å². The minimum absolute atomic E-state index is 0.418. The van der Waals surface area contributed by atoms with Gasteiger partial charge in [0, 0.05) is 6.04 Å². The summed E-state index contributed by atoms with van der Waals surface area (Å²) in [5.74, 6) is 2.34. The summed E-state index contributed by atoms with van der Waals surface area (Å²) >= 11 is 0. The first-order chi connectivity index (χ1) is 9.04. The lowest BCUT2D eigenvalue weighted by atomic mass is 10.0. The lowest BCUT2D eigenvalue weighted by Crippen LogP contribution is -2.17. The van der Waals surface area contributed by atoms with Crippen molar-refractivity contribution in [1.82, 2.24) is 9.97 Å². The van der Waals surface area contributed by atoms with Crippen molar-refractivity contribution in [2.75, 3.05) is 11.9 Å². The molecular formula is C15H27N3O. The third-order valence-electron chi connectivity index (χ3n) is 3.12. The highest BCUT2D eigenvalue weighted by molar-refractivity contribution is 5.48. The highest BCUT2D eigenvalue weighted by Crippen LogP contribution is 2.21. The van der Waals surface area contributed by atoms with Crippen LogP contribution >= 0.6 is 0 Å². The highest BCUT2D eigenvalue weighted by atomic mass is 16.5. The van der Waals surface area contributed by atoms with E-state index in [-0.39, 0.29) is 0 Å². The molecule has 1 heterocycles. The van der Waals surface area contributed by atoms with Crippen LogP contribution in [0.2, 0.25) is 0 Å². The summed E-state index contributed by atoms with van der Waals surface area (Å²) in [5.41, 5.74) is 0.986. The molecule has 0 aromatic carbocycles. The molecule has 0 bridgehead atoms. The Balaban J connectivity index is 2.54. The van der Waals surface area contributed by atoms with Gasteiger partial charge in [-0.1, -0.05) is 26.7 Å². The van der Waals surface area contributed by atoms with Crippen LogP contribution in [-0.2, 0) is 0 Å². The monoisotopic (exact) mass is 265 g/mol. The zero-order valence-corrected chi connectivity index (χ0v) is 12.9. The maximum Gasteiger partial charge on any atom is 0.221 e. The first kappa shape index (κ1) is 15.7. The number of nitrogens with zero attached hydrogens (tertiary/aromatic N) is 2. The molecule has 1 aromatic heterocycles. The van der Waals surface area contributed by atoms with Crippen molar-refractivity contribution in [3.63, 3.8) is 0 Å². The fraction of sp³-hybridized carbons (Fsp3) is 0.733. The molecule has 0 aliphatic rings. The molecule has 19 heavy (non-hydrogen) atoms. The van der Waals surface area contributed by atoms with E-state index in [1.807, 2.05) is 13.8 Å². The van der Waals surface area contributed by atoms with Crippen molar-refractivity contribution in [3.8, 4) is 5.88 Å². The Kier molecular flexibility index (Phi) is 6.60. The van der Waals surface area contributed by atoms with Gasteiger partial charge < -0.3 is 10.1 Å². The first-order valence-corrected chi connectivity index (χ1v) is 7.25. The van der Waals surface area contributed by atoms with E-state index in [1.54, 1.807) is 6.33 Å². The molecule has 1 unspecified atom stereocenters. The summed E-state index contributed by atoms with van der Waals surface area (Å²) in [6.45, 7) is 11.3. The zero-order chi connectivity index (χ0) is 14.3. The van der Waals surface area contributed by atoms with Crippen LogP contribution < -0.4 is 10.1 Å².